The number of carbonyl (C=O) groups excluding carboxylic acids is 2. The summed E-state index contributed by atoms with van der Waals surface area (Å²) in [5, 5.41) is 18.3. The first kappa shape index (κ1) is 51.9. The molecule has 0 amide bonds. The second kappa shape index (κ2) is 39.2. The van der Waals surface area contributed by atoms with Gasteiger partial charge in [0.05, 0.1) is 19.8 Å². The summed E-state index contributed by atoms with van der Waals surface area (Å²) in [6, 6.07) is 0. The molecule has 0 aromatic rings. The van der Waals surface area contributed by atoms with Crippen molar-refractivity contribution in [3.8, 4) is 0 Å². The lowest BCUT2D eigenvalue weighted by atomic mass is 10.1. The minimum absolute atomic E-state index is 0.175. The lowest BCUT2D eigenvalue weighted by molar-refractivity contribution is -0.161. The van der Waals surface area contributed by atoms with E-state index in [1.54, 1.807) is 0 Å². The van der Waals surface area contributed by atoms with Crippen molar-refractivity contribution in [2.24, 2.45) is 0 Å². The summed E-state index contributed by atoms with van der Waals surface area (Å²) < 4.78 is 32.6. The van der Waals surface area contributed by atoms with Crippen molar-refractivity contribution >= 4 is 19.8 Å². The molecule has 0 aliphatic rings. The van der Waals surface area contributed by atoms with Gasteiger partial charge in [0, 0.05) is 12.8 Å². The molecule has 0 aromatic heterocycles. The SMILES string of the molecule is CC/C=C\C/C=C\C/C=C\C/C=C\CCCCCCCCCCC(=O)OC(COC(=O)CCCCCCCCCCCC)COP(=O)(O)OCC(O)CO. The molecule has 314 valence electrons. The van der Waals surface area contributed by atoms with Crippen LogP contribution in [-0.2, 0) is 32.7 Å². The molecule has 0 saturated carbocycles. The van der Waals surface area contributed by atoms with Crippen molar-refractivity contribution in [2.45, 2.75) is 187 Å². The zero-order valence-corrected chi connectivity index (χ0v) is 34.8. The van der Waals surface area contributed by atoms with Crippen molar-refractivity contribution in [1.29, 1.82) is 0 Å². The van der Waals surface area contributed by atoms with E-state index in [4.69, 9.17) is 19.1 Å². The van der Waals surface area contributed by atoms with E-state index in [1.807, 2.05) is 0 Å². The monoisotopic (exact) mass is 785 g/mol. The zero-order chi connectivity index (χ0) is 39.8. The first-order chi connectivity index (χ1) is 26.2. The number of allylic oxidation sites excluding steroid dienone is 8. The molecule has 0 spiro atoms. The van der Waals surface area contributed by atoms with Gasteiger partial charge >= 0.3 is 19.8 Å². The number of hydrogen-bond donors (Lipinski definition) is 3. The van der Waals surface area contributed by atoms with Crippen molar-refractivity contribution < 1.29 is 47.8 Å². The Bertz CT molecular complexity index is 1040. The van der Waals surface area contributed by atoms with E-state index in [1.165, 1.54) is 64.2 Å². The summed E-state index contributed by atoms with van der Waals surface area (Å²) >= 11 is 0. The van der Waals surface area contributed by atoms with E-state index >= 15 is 0 Å². The summed E-state index contributed by atoms with van der Waals surface area (Å²) in [7, 11) is -4.61. The van der Waals surface area contributed by atoms with E-state index in [2.05, 4.69) is 67.0 Å². The van der Waals surface area contributed by atoms with Crippen LogP contribution in [0.5, 0.6) is 0 Å². The highest BCUT2D eigenvalue weighted by Crippen LogP contribution is 2.43. The van der Waals surface area contributed by atoms with Crippen LogP contribution in [0.25, 0.3) is 0 Å². The summed E-state index contributed by atoms with van der Waals surface area (Å²) in [6.07, 6.45) is 40.8. The topological polar surface area (TPSA) is 149 Å². The average Bonchev–Trinajstić information content (AvgIpc) is 3.16. The van der Waals surface area contributed by atoms with Gasteiger partial charge in [0.1, 0.15) is 12.7 Å². The quantitative estimate of drug-likeness (QED) is 0.0238. The number of ether oxygens (including phenoxy) is 2. The van der Waals surface area contributed by atoms with Gasteiger partial charge in [0.15, 0.2) is 6.10 Å². The van der Waals surface area contributed by atoms with E-state index in [0.717, 1.165) is 70.6 Å². The first-order valence-electron chi connectivity index (χ1n) is 21.1. The maximum absolute atomic E-state index is 12.6. The van der Waals surface area contributed by atoms with Crippen LogP contribution in [0.3, 0.4) is 0 Å². The van der Waals surface area contributed by atoms with Gasteiger partial charge in [-0.05, 0) is 51.4 Å². The maximum Gasteiger partial charge on any atom is 0.472 e. The Morgan fingerprint density at radius 2 is 1.02 bits per heavy atom. The molecule has 0 rings (SSSR count). The lowest BCUT2D eigenvalue weighted by Crippen LogP contribution is -2.29. The highest BCUT2D eigenvalue weighted by Gasteiger charge is 2.27. The van der Waals surface area contributed by atoms with Crippen molar-refractivity contribution in [3.05, 3.63) is 48.6 Å². The average molecular weight is 785 g/mol. The van der Waals surface area contributed by atoms with Crippen molar-refractivity contribution in [2.75, 3.05) is 26.4 Å². The number of phosphoric acid groups is 1. The molecule has 0 aliphatic carbocycles. The molecule has 0 aromatic carbocycles. The molecule has 0 heterocycles. The molecule has 0 aliphatic heterocycles. The number of aliphatic hydroxyl groups is 2. The number of aliphatic hydroxyl groups excluding tert-OH is 2. The number of phosphoric ester groups is 1. The van der Waals surface area contributed by atoms with Gasteiger partial charge in [-0.25, -0.2) is 4.57 Å². The minimum atomic E-state index is -4.61. The molecule has 3 atom stereocenters. The van der Waals surface area contributed by atoms with Crippen LogP contribution in [0.1, 0.15) is 174 Å². The van der Waals surface area contributed by atoms with E-state index in [-0.39, 0.29) is 19.4 Å². The second-order valence-electron chi connectivity index (χ2n) is 14.0. The highest BCUT2D eigenvalue weighted by molar-refractivity contribution is 7.47. The normalized spacial score (nSPS) is 14.4. The molecule has 10 nitrogen and oxygen atoms in total. The Morgan fingerprint density at radius 3 is 1.54 bits per heavy atom. The smallest absolute Gasteiger partial charge is 0.462 e. The van der Waals surface area contributed by atoms with Gasteiger partial charge in [0.2, 0.25) is 0 Å². The Kier molecular flexibility index (Phi) is 37.7. The molecule has 54 heavy (non-hydrogen) atoms. The standard InChI is InChI=1S/C43H77O10P/c1-3-5-7-9-11-13-15-16-17-18-19-20-21-22-23-24-25-27-29-31-33-35-43(47)53-41(39-52-54(48,49)51-37-40(45)36-44)38-50-42(46)34-32-30-28-26-14-12-10-8-6-4-2/h5,7,11,13,16-17,19-20,40-41,44-45H,3-4,6,8-10,12,14-15,18,21-39H2,1-2H3,(H,48,49)/b7-5-,13-11-,17-16-,20-19-. The Hall–Kier alpha value is -2.07. The van der Waals surface area contributed by atoms with Gasteiger partial charge in [-0.1, -0.05) is 159 Å². The number of carbonyl (C=O) groups is 2. The Morgan fingerprint density at radius 1 is 0.574 bits per heavy atom. The van der Waals surface area contributed by atoms with E-state index < -0.39 is 51.8 Å². The van der Waals surface area contributed by atoms with Crippen LogP contribution in [0.2, 0.25) is 0 Å². The molecule has 11 heteroatoms. The summed E-state index contributed by atoms with van der Waals surface area (Å²) in [5.74, 6) is -0.936. The van der Waals surface area contributed by atoms with Crippen LogP contribution < -0.4 is 0 Å². The number of hydrogen-bond acceptors (Lipinski definition) is 9. The second-order valence-corrected chi connectivity index (χ2v) is 15.4. The van der Waals surface area contributed by atoms with Gasteiger partial charge in [-0.15, -0.1) is 0 Å². The molecule has 3 N–H and O–H groups in total. The predicted octanol–water partition coefficient (Wildman–Crippen LogP) is 10.9. The third-order valence-electron chi connectivity index (χ3n) is 8.75. The van der Waals surface area contributed by atoms with Crippen LogP contribution in [0.4, 0.5) is 0 Å². The highest BCUT2D eigenvalue weighted by atomic mass is 31.2. The zero-order valence-electron chi connectivity index (χ0n) is 33.9. The summed E-state index contributed by atoms with van der Waals surface area (Å²) in [4.78, 5) is 34.9. The van der Waals surface area contributed by atoms with Crippen LogP contribution in [0, 0.1) is 0 Å². The number of rotatable bonds is 39. The fraction of sp³-hybridized carbons (Fsp3) is 0.767. The van der Waals surface area contributed by atoms with Gasteiger partial charge in [0.25, 0.3) is 0 Å². The van der Waals surface area contributed by atoms with Crippen molar-refractivity contribution in [1.82, 2.24) is 0 Å². The lowest BCUT2D eigenvalue weighted by Gasteiger charge is -2.20. The van der Waals surface area contributed by atoms with Crippen molar-refractivity contribution in [3.63, 3.8) is 0 Å². The Balaban J connectivity index is 4.26. The third-order valence-corrected chi connectivity index (χ3v) is 9.70. The van der Waals surface area contributed by atoms with E-state index in [0.29, 0.717) is 12.8 Å². The van der Waals surface area contributed by atoms with Gasteiger partial charge in [-0.3, -0.25) is 18.6 Å². The molecular formula is C43H77O10P. The van der Waals surface area contributed by atoms with Crippen LogP contribution >= 0.6 is 7.82 Å². The molecule has 0 radical (unpaired) electrons. The van der Waals surface area contributed by atoms with E-state index in [9.17, 15) is 24.2 Å². The number of esters is 2. The van der Waals surface area contributed by atoms with Crippen LogP contribution in [0.15, 0.2) is 48.6 Å². The summed E-state index contributed by atoms with van der Waals surface area (Å²) in [6.45, 7) is 2.24. The van der Waals surface area contributed by atoms with Gasteiger partial charge < -0.3 is 24.6 Å². The van der Waals surface area contributed by atoms with Gasteiger partial charge in [-0.2, -0.15) is 0 Å². The molecule has 3 unspecified atom stereocenters. The van der Waals surface area contributed by atoms with Crippen LogP contribution in [-0.4, -0.2) is 65.7 Å². The number of unbranched alkanes of at least 4 members (excludes halogenated alkanes) is 17. The molecule has 0 bridgehead atoms. The summed E-state index contributed by atoms with van der Waals surface area (Å²) in [5.41, 5.74) is 0. The fourth-order valence-electron chi connectivity index (χ4n) is 5.51. The minimum Gasteiger partial charge on any atom is -0.462 e. The fourth-order valence-corrected chi connectivity index (χ4v) is 6.30. The third kappa shape index (κ3) is 38.2. The Labute approximate surface area is 328 Å². The molecule has 0 fully saturated rings. The maximum atomic E-state index is 12.6. The largest absolute Gasteiger partial charge is 0.472 e. The predicted molar refractivity (Wildman–Crippen MR) is 219 cm³/mol. The molecular weight excluding hydrogens is 707 g/mol. The first-order valence-corrected chi connectivity index (χ1v) is 22.6. The molecule has 0 saturated heterocycles.